The maximum Gasteiger partial charge on any atom is 0.325 e. The molecule has 10 heteroatoms. The maximum absolute atomic E-state index is 14.1. The molecule has 0 amide bonds. The normalized spacial score (nSPS) is 11.0. The molecule has 0 aliphatic rings. The number of nitrogens with one attached hydrogen (secondary N) is 2. The molecule has 0 unspecified atom stereocenters. The highest BCUT2D eigenvalue weighted by molar-refractivity contribution is 7.98. The van der Waals surface area contributed by atoms with E-state index in [0.29, 0.717) is 27.3 Å². The summed E-state index contributed by atoms with van der Waals surface area (Å²) in [4.78, 5) is 27.9. The Morgan fingerprint density at radius 1 is 1.03 bits per heavy atom. The van der Waals surface area contributed by atoms with Crippen LogP contribution in [-0.2, 0) is 12.2 Å². The first-order valence-corrected chi connectivity index (χ1v) is 10.3. The lowest BCUT2D eigenvalue weighted by Gasteiger charge is -2.11. The van der Waals surface area contributed by atoms with Gasteiger partial charge in [0.25, 0.3) is 5.56 Å². The van der Waals surface area contributed by atoms with E-state index in [4.69, 9.17) is 11.6 Å². The zero-order chi connectivity index (χ0) is 21.1. The Hall–Kier alpha value is -3.17. The van der Waals surface area contributed by atoms with Gasteiger partial charge in [-0.15, -0.1) is 10.2 Å². The van der Waals surface area contributed by atoms with Crippen LogP contribution >= 0.6 is 23.4 Å². The third-order valence-electron chi connectivity index (χ3n) is 4.29. The van der Waals surface area contributed by atoms with Crippen molar-refractivity contribution in [1.82, 2.24) is 24.7 Å². The molecule has 0 bridgehead atoms. The number of para-hydroxylation sites is 1. The minimum atomic E-state index is -0.591. The van der Waals surface area contributed by atoms with Gasteiger partial charge in [-0.3, -0.25) is 14.3 Å². The molecule has 2 heterocycles. The third kappa shape index (κ3) is 4.37. The number of halogens is 2. The monoisotopic (exact) mass is 443 g/mol. The molecule has 4 aromatic rings. The van der Waals surface area contributed by atoms with Crippen LogP contribution in [0.5, 0.6) is 0 Å². The van der Waals surface area contributed by atoms with Crippen molar-refractivity contribution in [3.8, 4) is 5.69 Å². The topological polar surface area (TPSA) is 96.4 Å². The van der Waals surface area contributed by atoms with Crippen molar-refractivity contribution in [2.24, 2.45) is 0 Å². The summed E-state index contributed by atoms with van der Waals surface area (Å²) in [5, 5.41) is 9.35. The first-order valence-electron chi connectivity index (χ1n) is 8.89. The van der Waals surface area contributed by atoms with Gasteiger partial charge in [0.1, 0.15) is 11.6 Å². The molecule has 2 aromatic carbocycles. The van der Waals surface area contributed by atoms with Crippen LogP contribution in [0, 0.1) is 5.82 Å². The number of hydrogen-bond acceptors (Lipinski definition) is 5. The number of thioether (sulfide) groups is 1. The summed E-state index contributed by atoms with van der Waals surface area (Å²) in [5.41, 5.74) is 0.497. The Labute approximate surface area is 179 Å². The minimum Gasteiger partial charge on any atom is -0.311 e. The number of aromatic nitrogens is 5. The number of hydrogen-bond donors (Lipinski definition) is 2. The number of rotatable bonds is 6. The van der Waals surface area contributed by atoms with Gasteiger partial charge in [-0.2, -0.15) is 0 Å². The van der Waals surface area contributed by atoms with Gasteiger partial charge in [-0.05, 0) is 24.3 Å². The van der Waals surface area contributed by atoms with Crippen LogP contribution in [0.1, 0.15) is 17.1 Å². The largest absolute Gasteiger partial charge is 0.325 e. The van der Waals surface area contributed by atoms with Crippen molar-refractivity contribution in [2.45, 2.75) is 17.3 Å². The van der Waals surface area contributed by atoms with Crippen molar-refractivity contribution in [1.29, 1.82) is 0 Å². The summed E-state index contributed by atoms with van der Waals surface area (Å²) >= 11 is 7.42. The van der Waals surface area contributed by atoms with Gasteiger partial charge in [-0.1, -0.05) is 47.6 Å². The van der Waals surface area contributed by atoms with Crippen LogP contribution in [0.25, 0.3) is 5.69 Å². The zero-order valence-electron chi connectivity index (χ0n) is 15.4. The summed E-state index contributed by atoms with van der Waals surface area (Å²) in [7, 11) is 0. The van der Waals surface area contributed by atoms with Gasteiger partial charge >= 0.3 is 5.69 Å². The Morgan fingerprint density at radius 3 is 2.57 bits per heavy atom. The van der Waals surface area contributed by atoms with Gasteiger partial charge in [0.15, 0.2) is 5.16 Å². The summed E-state index contributed by atoms with van der Waals surface area (Å²) in [6.07, 6.45) is 0.183. The van der Waals surface area contributed by atoms with Crippen molar-refractivity contribution in [3.63, 3.8) is 0 Å². The standard InChI is InChI=1S/C20H15ClFN5O2S/c21-15-7-4-8-16(22)14(15)11-30-20-26-25-17(27(20)13-5-2-1-3-6-13)9-12-10-18(28)24-19(29)23-12/h1-8,10H,9,11H2,(H2,23,24,28,29). The van der Waals surface area contributed by atoms with E-state index in [0.717, 1.165) is 5.69 Å². The predicted octanol–water partition coefficient (Wildman–Crippen LogP) is 3.32. The van der Waals surface area contributed by atoms with Crippen LogP contribution in [0.3, 0.4) is 0 Å². The molecule has 2 N–H and O–H groups in total. The smallest absolute Gasteiger partial charge is 0.311 e. The van der Waals surface area contributed by atoms with Gasteiger partial charge in [0.2, 0.25) is 0 Å². The van der Waals surface area contributed by atoms with Crippen molar-refractivity contribution >= 4 is 23.4 Å². The minimum absolute atomic E-state index is 0.183. The Kier molecular flexibility index (Phi) is 5.82. The summed E-state index contributed by atoms with van der Waals surface area (Å²) < 4.78 is 15.9. The lowest BCUT2D eigenvalue weighted by Crippen LogP contribution is -2.23. The van der Waals surface area contributed by atoms with E-state index in [9.17, 15) is 14.0 Å². The van der Waals surface area contributed by atoms with Gasteiger partial charge in [-0.25, -0.2) is 9.18 Å². The van der Waals surface area contributed by atoms with Crippen LogP contribution in [0.2, 0.25) is 5.02 Å². The van der Waals surface area contributed by atoms with Gasteiger partial charge in [0.05, 0.1) is 0 Å². The van der Waals surface area contributed by atoms with Gasteiger partial charge < -0.3 is 4.98 Å². The molecule has 2 aromatic heterocycles. The average molecular weight is 444 g/mol. The third-order valence-corrected chi connectivity index (χ3v) is 5.60. The molecule has 7 nitrogen and oxygen atoms in total. The van der Waals surface area contributed by atoms with E-state index in [-0.39, 0.29) is 18.0 Å². The van der Waals surface area contributed by atoms with Crippen molar-refractivity contribution in [2.75, 3.05) is 0 Å². The van der Waals surface area contributed by atoms with E-state index in [1.165, 1.54) is 23.9 Å². The molecule has 0 saturated carbocycles. The lowest BCUT2D eigenvalue weighted by atomic mass is 10.2. The SMILES string of the molecule is O=c1cc(Cc2nnc(SCc3c(F)cccc3Cl)n2-c2ccccc2)[nH]c(=O)[nH]1. The molecule has 4 rings (SSSR count). The fourth-order valence-corrected chi connectivity index (χ4v) is 4.25. The molecule has 0 spiro atoms. The second-order valence-electron chi connectivity index (χ2n) is 6.35. The first kappa shape index (κ1) is 20.1. The Balaban J connectivity index is 1.71. The molecule has 0 aliphatic heterocycles. The van der Waals surface area contributed by atoms with Crippen molar-refractivity contribution < 1.29 is 4.39 Å². The molecule has 0 radical (unpaired) electrons. The van der Waals surface area contributed by atoms with Crippen LogP contribution in [-0.4, -0.2) is 24.7 Å². The highest BCUT2D eigenvalue weighted by atomic mass is 35.5. The van der Waals surface area contributed by atoms with Crippen molar-refractivity contribution in [3.05, 3.63) is 103 Å². The molecule has 0 atom stereocenters. The molecule has 0 saturated heterocycles. The fraction of sp³-hybridized carbons (Fsp3) is 0.100. The summed E-state index contributed by atoms with van der Waals surface area (Å²) in [6, 6.07) is 15.2. The van der Waals surface area contributed by atoms with E-state index in [1.54, 1.807) is 16.7 Å². The number of aromatic amines is 2. The van der Waals surface area contributed by atoms with E-state index < -0.39 is 11.2 Å². The molecule has 0 fully saturated rings. The highest BCUT2D eigenvalue weighted by Crippen LogP contribution is 2.29. The van der Waals surface area contributed by atoms with E-state index >= 15 is 0 Å². The maximum atomic E-state index is 14.1. The molecule has 30 heavy (non-hydrogen) atoms. The number of nitrogens with zero attached hydrogens (tertiary/aromatic N) is 3. The highest BCUT2D eigenvalue weighted by Gasteiger charge is 2.17. The van der Waals surface area contributed by atoms with Crippen LogP contribution in [0.15, 0.2) is 69.3 Å². The lowest BCUT2D eigenvalue weighted by molar-refractivity contribution is 0.617. The molecular formula is C20H15ClFN5O2S. The summed E-state index contributed by atoms with van der Waals surface area (Å²) in [5.74, 6) is 0.393. The second-order valence-corrected chi connectivity index (χ2v) is 7.70. The predicted molar refractivity (Wildman–Crippen MR) is 113 cm³/mol. The second kappa shape index (κ2) is 8.68. The molecule has 0 aliphatic carbocycles. The number of benzene rings is 2. The quantitative estimate of drug-likeness (QED) is 0.446. The number of H-pyrrole nitrogens is 2. The first-order chi connectivity index (χ1) is 14.5. The summed E-state index contributed by atoms with van der Waals surface area (Å²) in [6.45, 7) is 0. The zero-order valence-corrected chi connectivity index (χ0v) is 17.0. The van der Waals surface area contributed by atoms with Crippen LogP contribution < -0.4 is 11.2 Å². The van der Waals surface area contributed by atoms with E-state index in [2.05, 4.69) is 20.2 Å². The molecule has 152 valence electrons. The average Bonchev–Trinajstić information content (AvgIpc) is 3.10. The van der Waals surface area contributed by atoms with Crippen LogP contribution in [0.4, 0.5) is 4.39 Å². The Bertz CT molecular complexity index is 1250. The van der Waals surface area contributed by atoms with Gasteiger partial charge in [0, 0.05) is 40.2 Å². The van der Waals surface area contributed by atoms with E-state index in [1.807, 2.05) is 30.3 Å². The fourth-order valence-electron chi connectivity index (χ4n) is 2.94. The molecular weight excluding hydrogens is 429 g/mol. The Morgan fingerprint density at radius 2 is 1.83 bits per heavy atom.